The number of oxazole rings is 1. The van der Waals surface area contributed by atoms with Crippen molar-refractivity contribution in [3.05, 3.63) is 47.4 Å². The van der Waals surface area contributed by atoms with Gasteiger partial charge in [-0.3, -0.25) is 4.79 Å². The third-order valence-electron chi connectivity index (χ3n) is 4.18. The highest BCUT2D eigenvalue weighted by atomic mass is 32.1. The maximum atomic E-state index is 12.5. The van der Waals surface area contributed by atoms with Crippen LogP contribution in [0, 0.1) is 0 Å². The van der Waals surface area contributed by atoms with Crippen LogP contribution in [0.5, 0.6) is 0 Å². The Morgan fingerprint density at radius 3 is 3.08 bits per heavy atom. The van der Waals surface area contributed by atoms with Gasteiger partial charge in [0.05, 0.1) is 6.54 Å². The molecule has 1 saturated heterocycles. The highest BCUT2D eigenvalue weighted by Gasteiger charge is 2.25. The summed E-state index contributed by atoms with van der Waals surface area (Å²) in [6.07, 6.45) is 8.56. The molecule has 1 amide bonds. The van der Waals surface area contributed by atoms with Crippen molar-refractivity contribution >= 4 is 17.2 Å². The van der Waals surface area contributed by atoms with Crippen LogP contribution in [0.1, 0.15) is 39.9 Å². The van der Waals surface area contributed by atoms with E-state index in [1.165, 1.54) is 17.7 Å². The molecule has 3 aromatic heterocycles. The van der Waals surface area contributed by atoms with Crippen LogP contribution in [-0.4, -0.2) is 38.7 Å². The van der Waals surface area contributed by atoms with Gasteiger partial charge in [0.25, 0.3) is 5.91 Å². The van der Waals surface area contributed by atoms with Crippen LogP contribution in [0.15, 0.2) is 35.5 Å². The van der Waals surface area contributed by atoms with E-state index >= 15 is 0 Å². The van der Waals surface area contributed by atoms with E-state index in [4.69, 9.17) is 4.42 Å². The number of amides is 1. The second kappa shape index (κ2) is 7.16. The third kappa shape index (κ3) is 3.47. The molecule has 9 heteroatoms. The van der Waals surface area contributed by atoms with E-state index in [1.807, 2.05) is 12.3 Å². The minimum absolute atomic E-state index is 0.212. The van der Waals surface area contributed by atoms with Crippen molar-refractivity contribution in [2.24, 2.45) is 0 Å². The molecule has 3 aromatic rings. The molecular formula is C16H18N6O2S. The predicted octanol–water partition coefficient (Wildman–Crippen LogP) is 1.71. The fourth-order valence-electron chi connectivity index (χ4n) is 2.92. The smallest absolute Gasteiger partial charge is 0.273 e. The number of thiazole rings is 1. The average molecular weight is 358 g/mol. The lowest BCUT2D eigenvalue weighted by atomic mass is 9.94. The summed E-state index contributed by atoms with van der Waals surface area (Å²) >= 11 is 1.48. The first-order valence-corrected chi connectivity index (χ1v) is 9.00. The van der Waals surface area contributed by atoms with Gasteiger partial charge >= 0.3 is 0 Å². The standard InChI is InChI=1S/C16H18N6O2S/c23-15(13-14(24-10-20-13)11-2-5-17-6-3-11)18-8-12-9-19-16(25-12)22-7-1-4-21-22/h1,4,7,9-11,17H,2-3,5-6,8H2,(H,18,23). The molecule has 0 saturated carbocycles. The first kappa shape index (κ1) is 16.0. The van der Waals surface area contributed by atoms with Crippen LogP contribution in [-0.2, 0) is 6.54 Å². The number of piperidine rings is 1. The second-order valence-electron chi connectivity index (χ2n) is 5.83. The number of aromatic nitrogens is 4. The third-order valence-corrected chi connectivity index (χ3v) is 5.17. The Bertz CT molecular complexity index is 835. The Morgan fingerprint density at radius 2 is 2.28 bits per heavy atom. The summed E-state index contributed by atoms with van der Waals surface area (Å²) in [6.45, 7) is 2.27. The zero-order chi connectivity index (χ0) is 17.1. The van der Waals surface area contributed by atoms with Crippen LogP contribution in [0.3, 0.4) is 0 Å². The van der Waals surface area contributed by atoms with Gasteiger partial charge in [-0.1, -0.05) is 11.3 Å². The number of nitrogens with zero attached hydrogens (tertiary/aromatic N) is 4. The van der Waals surface area contributed by atoms with Gasteiger partial charge in [-0.25, -0.2) is 14.6 Å². The van der Waals surface area contributed by atoms with Crippen molar-refractivity contribution in [2.75, 3.05) is 13.1 Å². The van der Waals surface area contributed by atoms with Gasteiger partial charge < -0.3 is 15.1 Å². The topological polar surface area (TPSA) is 97.9 Å². The highest BCUT2D eigenvalue weighted by Crippen LogP contribution is 2.27. The molecule has 2 N–H and O–H groups in total. The van der Waals surface area contributed by atoms with Gasteiger partial charge in [0.2, 0.25) is 5.13 Å². The van der Waals surface area contributed by atoms with Gasteiger partial charge in [-0.05, 0) is 32.0 Å². The van der Waals surface area contributed by atoms with E-state index in [0.717, 1.165) is 35.9 Å². The molecule has 0 bridgehead atoms. The average Bonchev–Trinajstić information content (AvgIpc) is 3.41. The maximum Gasteiger partial charge on any atom is 0.273 e. The fourth-order valence-corrected chi connectivity index (χ4v) is 3.71. The monoisotopic (exact) mass is 358 g/mol. The number of rotatable bonds is 5. The SMILES string of the molecule is O=C(NCc1cnc(-n2cccn2)s1)c1ncoc1C1CCNCC1. The van der Waals surface area contributed by atoms with Crippen LogP contribution in [0.4, 0.5) is 0 Å². The van der Waals surface area contributed by atoms with E-state index in [-0.39, 0.29) is 11.8 Å². The van der Waals surface area contributed by atoms with Crippen molar-refractivity contribution < 1.29 is 9.21 Å². The Hall–Kier alpha value is -2.52. The predicted molar refractivity (Wildman–Crippen MR) is 91.8 cm³/mol. The van der Waals surface area contributed by atoms with Gasteiger partial charge in [0, 0.05) is 29.4 Å². The molecule has 1 fully saturated rings. The second-order valence-corrected chi connectivity index (χ2v) is 6.93. The molecule has 0 radical (unpaired) electrons. The lowest BCUT2D eigenvalue weighted by Crippen LogP contribution is -2.29. The molecule has 1 aliphatic rings. The lowest BCUT2D eigenvalue weighted by Gasteiger charge is -2.20. The fraction of sp³-hybridized carbons (Fsp3) is 0.375. The van der Waals surface area contributed by atoms with Crippen molar-refractivity contribution in [1.82, 2.24) is 30.4 Å². The van der Waals surface area contributed by atoms with Crippen molar-refractivity contribution in [1.29, 1.82) is 0 Å². The molecular weight excluding hydrogens is 340 g/mol. The van der Waals surface area contributed by atoms with Crippen molar-refractivity contribution in [3.63, 3.8) is 0 Å². The summed E-state index contributed by atoms with van der Waals surface area (Å²) in [5.41, 5.74) is 0.392. The van der Waals surface area contributed by atoms with E-state index in [1.54, 1.807) is 17.1 Å². The molecule has 0 spiro atoms. The normalized spacial score (nSPS) is 15.4. The van der Waals surface area contributed by atoms with E-state index in [0.29, 0.717) is 18.0 Å². The Labute approximate surface area is 148 Å². The largest absolute Gasteiger partial charge is 0.447 e. The summed E-state index contributed by atoms with van der Waals surface area (Å²) in [5.74, 6) is 0.733. The maximum absolute atomic E-state index is 12.5. The minimum atomic E-state index is -0.212. The lowest BCUT2D eigenvalue weighted by molar-refractivity contribution is 0.0943. The number of carbonyl (C=O) groups is 1. The quantitative estimate of drug-likeness (QED) is 0.721. The summed E-state index contributed by atoms with van der Waals surface area (Å²) in [6, 6.07) is 1.84. The number of carbonyl (C=O) groups excluding carboxylic acids is 1. The van der Waals surface area contributed by atoms with Crippen molar-refractivity contribution in [2.45, 2.75) is 25.3 Å². The van der Waals surface area contributed by atoms with Crippen LogP contribution >= 0.6 is 11.3 Å². The van der Waals surface area contributed by atoms with E-state index in [9.17, 15) is 4.79 Å². The molecule has 25 heavy (non-hydrogen) atoms. The molecule has 1 aliphatic heterocycles. The molecule has 130 valence electrons. The number of nitrogens with one attached hydrogen (secondary N) is 2. The molecule has 4 rings (SSSR count). The zero-order valence-electron chi connectivity index (χ0n) is 13.5. The summed E-state index contributed by atoms with van der Waals surface area (Å²) in [5, 5.41) is 11.1. The Balaban J connectivity index is 1.40. The first-order chi connectivity index (χ1) is 12.3. The van der Waals surface area contributed by atoms with E-state index in [2.05, 4.69) is 25.7 Å². The Morgan fingerprint density at radius 1 is 1.40 bits per heavy atom. The Kier molecular flexibility index (Phi) is 4.57. The zero-order valence-corrected chi connectivity index (χ0v) is 14.3. The van der Waals surface area contributed by atoms with E-state index < -0.39 is 0 Å². The molecule has 8 nitrogen and oxygen atoms in total. The number of hydrogen-bond donors (Lipinski definition) is 2. The van der Waals surface area contributed by atoms with Crippen molar-refractivity contribution in [3.8, 4) is 5.13 Å². The molecule has 0 aromatic carbocycles. The summed E-state index contributed by atoms with van der Waals surface area (Å²) in [7, 11) is 0. The first-order valence-electron chi connectivity index (χ1n) is 8.18. The number of hydrogen-bond acceptors (Lipinski definition) is 7. The van der Waals surface area contributed by atoms with Crippen LogP contribution in [0.25, 0.3) is 5.13 Å². The summed E-state index contributed by atoms with van der Waals surface area (Å²) in [4.78, 5) is 21.9. The molecule has 0 atom stereocenters. The van der Waals surface area contributed by atoms with Gasteiger partial charge in [0.1, 0.15) is 5.76 Å². The highest BCUT2D eigenvalue weighted by molar-refractivity contribution is 7.14. The molecule has 4 heterocycles. The van der Waals surface area contributed by atoms with Gasteiger partial charge in [0.15, 0.2) is 12.1 Å². The van der Waals surface area contributed by atoms with Crippen LogP contribution < -0.4 is 10.6 Å². The molecule has 0 aliphatic carbocycles. The van der Waals surface area contributed by atoms with Crippen LogP contribution in [0.2, 0.25) is 0 Å². The van der Waals surface area contributed by atoms with Gasteiger partial charge in [-0.2, -0.15) is 5.10 Å². The molecule has 0 unspecified atom stereocenters. The van der Waals surface area contributed by atoms with Gasteiger partial charge in [-0.15, -0.1) is 0 Å². The summed E-state index contributed by atoms with van der Waals surface area (Å²) < 4.78 is 7.21. The minimum Gasteiger partial charge on any atom is -0.447 e.